The number of ether oxygens (including phenoxy) is 2. The molecule has 1 saturated carbocycles. The van der Waals surface area contributed by atoms with Crippen LogP contribution >= 0.6 is 0 Å². The molecule has 2 atom stereocenters. The average molecular weight is 461 g/mol. The van der Waals surface area contributed by atoms with Gasteiger partial charge in [0.2, 0.25) is 0 Å². The minimum atomic E-state index is -0.00644. The lowest BCUT2D eigenvalue weighted by atomic mass is 9.80. The Morgan fingerprint density at radius 1 is 1.00 bits per heavy atom. The predicted molar refractivity (Wildman–Crippen MR) is 132 cm³/mol. The maximum absolute atomic E-state index is 12.9. The number of carbonyl (C=O) groups excluding carboxylic acids is 1. The van der Waals surface area contributed by atoms with E-state index in [4.69, 9.17) is 9.47 Å². The molecule has 5 nitrogen and oxygen atoms in total. The molecule has 0 unspecified atom stereocenters. The maximum atomic E-state index is 12.9. The van der Waals surface area contributed by atoms with Gasteiger partial charge in [0.25, 0.3) is 5.91 Å². The van der Waals surface area contributed by atoms with Crippen molar-refractivity contribution in [2.45, 2.75) is 76.1 Å². The molecule has 3 aliphatic heterocycles. The Balaban J connectivity index is 1.01. The number of fused-ring (bicyclic) bond motifs is 4. The Hall–Kier alpha value is -2.37. The number of benzene rings is 2. The Morgan fingerprint density at radius 2 is 1.82 bits per heavy atom. The molecule has 180 valence electrons. The fourth-order valence-electron chi connectivity index (χ4n) is 6.41. The highest BCUT2D eigenvalue weighted by atomic mass is 16.5. The van der Waals surface area contributed by atoms with E-state index in [9.17, 15) is 4.79 Å². The summed E-state index contributed by atoms with van der Waals surface area (Å²) in [7, 11) is 0. The normalized spacial score (nSPS) is 28.1. The van der Waals surface area contributed by atoms with Crippen molar-refractivity contribution in [2.24, 2.45) is 5.92 Å². The standard InChI is InChI=1S/C29H36N2O3/c32-29(22-7-11-27(12-8-22)34-19-28-2-1-13-33-28)30-25-15-23-6-3-21(14-24(23)16-25)18-31-17-20-4-9-26(31)10-5-20/h3,6-8,11-12,14,20,25-26,28H,1-2,4-5,9-10,13,15-19H2,(H,30,32)/t20?,25-,26?,28+/m1/s1. The zero-order valence-corrected chi connectivity index (χ0v) is 20.0. The number of rotatable bonds is 7. The van der Waals surface area contributed by atoms with Crippen molar-refractivity contribution in [1.82, 2.24) is 10.2 Å². The zero-order chi connectivity index (χ0) is 22.9. The van der Waals surface area contributed by atoms with Crippen LogP contribution in [0, 0.1) is 5.92 Å². The van der Waals surface area contributed by atoms with Gasteiger partial charge in [-0.05, 0) is 98.2 Å². The van der Waals surface area contributed by atoms with Crippen molar-refractivity contribution >= 4 is 5.91 Å². The summed E-state index contributed by atoms with van der Waals surface area (Å²) < 4.78 is 11.4. The maximum Gasteiger partial charge on any atom is 0.251 e. The molecule has 4 fully saturated rings. The van der Waals surface area contributed by atoms with Crippen molar-refractivity contribution in [1.29, 1.82) is 0 Å². The lowest BCUT2D eigenvalue weighted by Gasteiger charge is -2.45. The van der Waals surface area contributed by atoms with Crippen LogP contribution in [0.2, 0.25) is 0 Å². The summed E-state index contributed by atoms with van der Waals surface area (Å²) in [5.74, 6) is 1.70. The summed E-state index contributed by atoms with van der Waals surface area (Å²) in [5.41, 5.74) is 4.90. The quantitative estimate of drug-likeness (QED) is 0.660. The van der Waals surface area contributed by atoms with Crippen molar-refractivity contribution in [3.63, 3.8) is 0 Å². The Kier molecular flexibility index (Phi) is 6.32. The average Bonchev–Trinajstić information content (AvgIpc) is 3.53. The van der Waals surface area contributed by atoms with E-state index in [1.165, 1.54) is 48.9 Å². The molecule has 2 aromatic rings. The topological polar surface area (TPSA) is 50.8 Å². The van der Waals surface area contributed by atoms with Gasteiger partial charge in [-0.3, -0.25) is 9.69 Å². The fraction of sp³-hybridized carbons (Fsp3) is 0.552. The molecular weight excluding hydrogens is 424 g/mol. The second kappa shape index (κ2) is 9.71. The van der Waals surface area contributed by atoms with Gasteiger partial charge in [-0.25, -0.2) is 0 Å². The molecular formula is C29H36N2O3. The molecule has 2 bridgehead atoms. The van der Waals surface area contributed by atoms with Gasteiger partial charge < -0.3 is 14.8 Å². The molecule has 2 aromatic carbocycles. The van der Waals surface area contributed by atoms with E-state index in [-0.39, 0.29) is 18.1 Å². The van der Waals surface area contributed by atoms with Gasteiger partial charge in [-0.2, -0.15) is 0 Å². The summed E-state index contributed by atoms with van der Waals surface area (Å²) in [6, 6.07) is 15.4. The molecule has 0 aromatic heterocycles. The van der Waals surface area contributed by atoms with E-state index in [1.807, 2.05) is 24.3 Å². The highest BCUT2D eigenvalue weighted by Crippen LogP contribution is 2.36. The molecule has 3 saturated heterocycles. The van der Waals surface area contributed by atoms with Crippen molar-refractivity contribution in [2.75, 3.05) is 19.8 Å². The van der Waals surface area contributed by atoms with Crippen LogP contribution in [0.15, 0.2) is 42.5 Å². The first-order valence-electron chi connectivity index (χ1n) is 13.2. The van der Waals surface area contributed by atoms with Crippen LogP contribution in [0.1, 0.15) is 65.6 Å². The number of amides is 1. The molecule has 1 amide bonds. The van der Waals surface area contributed by atoms with Gasteiger partial charge in [-0.1, -0.05) is 18.2 Å². The minimum Gasteiger partial charge on any atom is -0.491 e. The molecule has 34 heavy (non-hydrogen) atoms. The van der Waals surface area contributed by atoms with Crippen molar-refractivity contribution in [3.05, 3.63) is 64.7 Å². The number of nitrogens with one attached hydrogen (secondary N) is 1. The third-order valence-electron chi connectivity index (χ3n) is 8.33. The van der Waals surface area contributed by atoms with Crippen LogP contribution in [0.3, 0.4) is 0 Å². The van der Waals surface area contributed by atoms with E-state index < -0.39 is 0 Å². The Bertz CT molecular complexity index is 1010. The summed E-state index contributed by atoms with van der Waals surface area (Å²) >= 11 is 0. The van der Waals surface area contributed by atoms with Crippen molar-refractivity contribution < 1.29 is 14.3 Å². The number of carbonyl (C=O) groups is 1. The third-order valence-corrected chi connectivity index (χ3v) is 8.33. The van der Waals surface area contributed by atoms with E-state index in [0.717, 1.165) is 56.5 Å². The van der Waals surface area contributed by atoms with E-state index in [1.54, 1.807) is 0 Å². The highest BCUT2D eigenvalue weighted by molar-refractivity contribution is 5.94. The van der Waals surface area contributed by atoms with E-state index >= 15 is 0 Å². The van der Waals surface area contributed by atoms with E-state index in [0.29, 0.717) is 12.2 Å². The van der Waals surface area contributed by atoms with Gasteiger partial charge in [0.15, 0.2) is 0 Å². The second-order valence-corrected chi connectivity index (χ2v) is 10.8. The van der Waals surface area contributed by atoms with Crippen LogP contribution in [-0.2, 0) is 24.1 Å². The number of hydrogen-bond donors (Lipinski definition) is 1. The molecule has 2 aliphatic carbocycles. The second-order valence-electron chi connectivity index (χ2n) is 10.8. The molecule has 3 heterocycles. The fourth-order valence-corrected chi connectivity index (χ4v) is 6.41. The van der Waals surface area contributed by atoms with Crippen LogP contribution in [0.25, 0.3) is 0 Å². The Labute approximate surface area is 202 Å². The van der Waals surface area contributed by atoms with Gasteiger partial charge in [0, 0.05) is 37.3 Å². The molecule has 0 spiro atoms. The third kappa shape index (κ3) is 4.87. The largest absolute Gasteiger partial charge is 0.491 e. The first-order valence-corrected chi connectivity index (χ1v) is 13.2. The van der Waals surface area contributed by atoms with Crippen LogP contribution in [0.5, 0.6) is 5.75 Å². The first kappa shape index (κ1) is 22.1. The molecule has 7 rings (SSSR count). The molecule has 1 N–H and O–H groups in total. The molecule has 5 aliphatic rings. The van der Waals surface area contributed by atoms with Crippen LogP contribution < -0.4 is 10.1 Å². The zero-order valence-electron chi connectivity index (χ0n) is 20.0. The minimum absolute atomic E-state index is 0.00644. The monoisotopic (exact) mass is 460 g/mol. The number of piperidine rings is 2. The summed E-state index contributed by atoms with van der Waals surface area (Å²) in [6.45, 7) is 3.76. The first-order chi connectivity index (χ1) is 16.7. The predicted octanol–water partition coefficient (Wildman–Crippen LogP) is 4.52. The lowest BCUT2D eigenvalue weighted by Crippen LogP contribution is -2.47. The van der Waals surface area contributed by atoms with E-state index in [2.05, 4.69) is 28.4 Å². The number of hydrogen-bond acceptors (Lipinski definition) is 4. The summed E-state index contributed by atoms with van der Waals surface area (Å²) in [5, 5.41) is 3.25. The number of nitrogens with zero attached hydrogens (tertiary/aromatic N) is 1. The summed E-state index contributed by atoms with van der Waals surface area (Å²) in [4.78, 5) is 15.6. The van der Waals surface area contributed by atoms with Gasteiger partial charge in [-0.15, -0.1) is 0 Å². The lowest BCUT2D eigenvalue weighted by molar-refractivity contribution is 0.0426. The van der Waals surface area contributed by atoms with Gasteiger partial charge in [0.05, 0.1) is 6.10 Å². The molecule has 5 heteroatoms. The van der Waals surface area contributed by atoms with Crippen LogP contribution in [0.4, 0.5) is 0 Å². The van der Waals surface area contributed by atoms with Crippen molar-refractivity contribution in [3.8, 4) is 5.75 Å². The highest BCUT2D eigenvalue weighted by Gasteiger charge is 2.33. The van der Waals surface area contributed by atoms with Gasteiger partial charge >= 0.3 is 0 Å². The Morgan fingerprint density at radius 3 is 2.56 bits per heavy atom. The van der Waals surface area contributed by atoms with Crippen LogP contribution in [-0.4, -0.2) is 48.8 Å². The molecule has 0 radical (unpaired) electrons. The SMILES string of the molecule is O=C(N[C@@H]1Cc2ccc(CN3CC4CCC3CC4)cc2C1)c1ccc(OC[C@@H]2CCCO2)cc1. The van der Waals surface area contributed by atoms with Gasteiger partial charge in [0.1, 0.15) is 12.4 Å². The smallest absolute Gasteiger partial charge is 0.251 e. The summed E-state index contributed by atoms with van der Waals surface area (Å²) in [6.07, 6.45) is 9.82.